The van der Waals surface area contributed by atoms with E-state index in [-0.39, 0.29) is 5.92 Å². The first-order chi connectivity index (χ1) is 5.27. The lowest BCUT2D eigenvalue weighted by Crippen LogP contribution is -2.32. The van der Waals surface area contributed by atoms with Crippen LogP contribution in [0.5, 0.6) is 0 Å². The smallest absolute Gasteiger partial charge is 0.307 e. The quantitative estimate of drug-likeness (QED) is 0.580. The molecule has 60 valence electrons. The summed E-state index contributed by atoms with van der Waals surface area (Å²) in [6.45, 7) is 0. The minimum atomic E-state index is -0.607. The molecule has 0 saturated heterocycles. The zero-order valence-electron chi connectivity index (χ0n) is 6.36. The van der Waals surface area contributed by atoms with Crippen LogP contribution < -0.4 is 0 Å². The van der Waals surface area contributed by atoms with E-state index < -0.39 is 5.97 Å². The summed E-state index contributed by atoms with van der Waals surface area (Å²) < 4.78 is 0. The number of hydrogen-bond donors (Lipinski definition) is 1. The first-order valence-corrected chi connectivity index (χ1v) is 4.18. The Kier molecular flexibility index (Phi) is 1.48. The summed E-state index contributed by atoms with van der Waals surface area (Å²) >= 11 is 0. The number of aliphatic carboxylic acids is 1. The van der Waals surface area contributed by atoms with Crippen LogP contribution in [-0.2, 0) is 4.79 Å². The highest BCUT2D eigenvalue weighted by molar-refractivity contribution is 5.71. The number of carboxylic acid groups (broad SMARTS) is 1. The molecule has 0 aromatic carbocycles. The average molecular weight is 152 g/mol. The van der Waals surface area contributed by atoms with Crippen molar-refractivity contribution in [3.05, 3.63) is 12.2 Å². The second-order valence-electron chi connectivity index (χ2n) is 3.57. The summed E-state index contributed by atoms with van der Waals surface area (Å²) in [5.74, 6) is 0.196. The molecule has 3 rings (SSSR count). The van der Waals surface area contributed by atoms with Crippen LogP contribution >= 0.6 is 0 Å². The molecule has 11 heavy (non-hydrogen) atoms. The number of allylic oxidation sites excluding steroid dienone is 2. The van der Waals surface area contributed by atoms with E-state index in [1.165, 1.54) is 6.42 Å². The van der Waals surface area contributed by atoms with Crippen LogP contribution in [0.25, 0.3) is 0 Å². The van der Waals surface area contributed by atoms with E-state index in [0.717, 1.165) is 12.8 Å². The summed E-state index contributed by atoms with van der Waals surface area (Å²) in [7, 11) is 0. The Morgan fingerprint density at radius 2 is 2.18 bits per heavy atom. The van der Waals surface area contributed by atoms with Gasteiger partial charge in [0.25, 0.3) is 0 Å². The van der Waals surface area contributed by atoms with Gasteiger partial charge in [0.15, 0.2) is 0 Å². The summed E-state index contributed by atoms with van der Waals surface area (Å²) in [5.41, 5.74) is 0. The molecule has 3 atom stereocenters. The molecule has 2 bridgehead atoms. The van der Waals surface area contributed by atoms with E-state index in [9.17, 15) is 4.79 Å². The van der Waals surface area contributed by atoms with Crippen molar-refractivity contribution in [2.45, 2.75) is 19.3 Å². The molecule has 0 aromatic rings. The summed E-state index contributed by atoms with van der Waals surface area (Å²) in [4.78, 5) is 10.7. The summed E-state index contributed by atoms with van der Waals surface area (Å²) in [5, 5.41) is 8.83. The van der Waals surface area contributed by atoms with Gasteiger partial charge in [-0.05, 0) is 31.1 Å². The fraction of sp³-hybridized carbons (Fsp3) is 0.667. The van der Waals surface area contributed by atoms with Crippen LogP contribution in [0.4, 0.5) is 0 Å². The predicted octanol–water partition coefficient (Wildman–Crippen LogP) is 1.67. The van der Waals surface area contributed by atoms with Gasteiger partial charge in [0.1, 0.15) is 0 Å². The van der Waals surface area contributed by atoms with Crippen molar-refractivity contribution in [3.8, 4) is 0 Å². The minimum Gasteiger partial charge on any atom is -0.481 e. The second kappa shape index (κ2) is 2.36. The summed E-state index contributed by atoms with van der Waals surface area (Å²) in [6, 6.07) is 0. The van der Waals surface area contributed by atoms with Gasteiger partial charge >= 0.3 is 5.97 Å². The van der Waals surface area contributed by atoms with Crippen LogP contribution in [0, 0.1) is 17.8 Å². The number of fused-ring (bicyclic) bond motifs is 2. The lowest BCUT2D eigenvalue weighted by atomic mass is 9.69. The molecule has 1 N–H and O–H groups in total. The third-order valence-electron chi connectivity index (χ3n) is 2.89. The number of carbonyl (C=O) groups is 1. The van der Waals surface area contributed by atoms with Crippen molar-refractivity contribution in [2.24, 2.45) is 17.8 Å². The fourth-order valence-electron chi connectivity index (χ4n) is 2.22. The first-order valence-electron chi connectivity index (χ1n) is 4.18. The zero-order valence-corrected chi connectivity index (χ0v) is 6.36. The van der Waals surface area contributed by atoms with Gasteiger partial charge < -0.3 is 5.11 Å². The van der Waals surface area contributed by atoms with Gasteiger partial charge in [-0.2, -0.15) is 0 Å². The van der Waals surface area contributed by atoms with Crippen LogP contribution in [-0.4, -0.2) is 11.1 Å². The highest BCUT2D eigenvalue weighted by Gasteiger charge is 2.35. The normalized spacial score (nSPS) is 40.9. The van der Waals surface area contributed by atoms with Crippen molar-refractivity contribution in [3.63, 3.8) is 0 Å². The second-order valence-corrected chi connectivity index (χ2v) is 3.57. The molecule has 3 aliphatic rings. The SMILES string of the molecule is O=C(O)[C@@H]1C[C@H]2C=C[C@@H]1CC2. The molecule has 2 heteroatoms. The Morgan fingerprint density at radius 1 is 1.36 bits per heavy atom. The molecule has 1 saturated carbocycles. The topological polar surface area (TPSA) is 37.3 Å². The third-order valence-corrected chi connectivity index (χ3v) is 2.89. The van der Waals surface area contributed by atoms with E-state index in [4.69, 9.17) is 5.11 Å². The van der Waals surface area contributed by atoms with E-state index in [1.54, 1.807) is 0 Å². The van der Waals surface area contributed by atoms with Gasteiger partial charge in [-0.1, -0.05) is 12.2 Å². The Balaban J connectivity index is 2.17. The van der Waals surface area contributed by atoms with E-state index in [1.807, 2.05) is 0 Å². The fourth-order valence-corrected chi connectivity index (χ4v) is 2.22. The molecule has 3 aliphatic carbocycles. The number of rotatable bonds is 1. The Hall–Kier alpha value is -0.790. The molecule has 0 aliphatic heterocycles. The van der Waals surface area contributed by atoms with Gasteiger partial charge in [-0.3, -0.25) is 4.79 Å². The van der Waals surface area contributed by atoms with Crippen LogP contribution in [0.15, 0.2) is 12.2 Å². The van der Waals surface area contributed by atoms with E-state index >= 15 is 0 Å². The van der Waals surface area contributed by atoms with E-state index in [0.29, 0.717) is 11.8 Å². The maximum atomic E-state index is 10.7. The molecule has 0 aromatic heterocycles. The molecule has 0 heterocycles. The highest BCUT2D eigenvalue weighted by Crippen LogP contribution is 2.40. The van der Waals surface area contributed by atoms with Crippen LogP contribution in [0.1, 0.15) is 19.3 Å². The Morgan fingerprint density at radius 3 is 2.45 bits per heavy atom. The molecule has 0 amide bonds. The molecule has 0 radical (unpaired) electrons. The van der Waals surface area contributed by atoms with Gasteiger partial charge in [0.05, 0.1) is 5.92 Å². The maximum absolute atomic E-state index is 10.7. The van der Waals surface area contributed by atoms with Crippen molar-refractivity contribution in [1.82, 2.24) is 0 Å². The standard InChI is InChI=1S/C9H12O2/c10-9(11)8-5-6-1-3-7(8)4-2-6/h1,3,6-8H,2,4-5H2,(H,10,11)/t6-,7+,8+/m0/s1. The van der Waals surface area contributed by atoms with Gasteiger partial charge in [-0.25, -0.2) is 0 Å². The Bertz CT molecular complexity index is 208. The van der Waals surface area contributed by atoms with Crippen LogP contribution in [0.3, 0.4) is 0 Å². The molecule has 2 nitrogen and oxygen atoms in total. The van der Waals surface area contributed by atoms with Crippen molar-refractivity contribution < 1.29 is 9.90 Å². The van der Waals surface area contributed by atoms with Gasteiger partial charge in [0, 0.05) is 0 Å². The summed E-state index contributed by atoms with van der Waals surface area (Å²) in [6.07, 6.45) is 7.43. The molecule has 1 fully saturated rings. The zero-order chi connectivity index (χ0) is 7.84. The largest absolute Gasteiger partial charge is 0.481 e. The lowest BCUT2D eigenvalue weighted by molar-refractivity contribution is -0.144. The van der Waals surface area contributed by atoms with Gasteiger partial charge in [-0.15, -0.1) is 0 Å². The van der Waals surface area contributed by atoms with Crippen molar-refractivity contribution in [1.29, 1.82) is 0 Å². The predicted molar refractivity (Wildman–Crippen MR) is 41.1 cm³/mol. The lowest BCUT2D eigenvalue weighted by Gasteiger charge is -2.35. The minimum absolute atomic E-state index is 0.0845. The molecular formula is C9H12O2. The Labute approximate surface area is 65.9 Å². The van der Waals surface area contributed by atoms with E-state index in [2.05, 4.69) is 12.2 Å². The molecular weight excluding hydrogens is 140 g/mol. The molecule has 0 spiro atoms. The van der Waals surface area contributed by atoms with Crippen molar-refractivity contribution >= 4 is 5.97 Å². The first kappa shape index (κ1) is 6.89. The van der Waals surface area contributed by atoms with Crippen molar-refractivity contribution in [2.75, 3.05) is 0 Å². The third kappa shape index (κ3) is 1.06. The number of hydrogen-bond acceptors (Lipinski definition) is 1. The monoisotopic (exact) mass is 152 g/mol. The maximum Gasteiger partial charge on any atom is 0.307 e. The molecule has 0 unspecified atom stereocenters. The van der Waals surface area contributed by atoms with Gasteiger partial charge in [0.2, 0.25) is 0 Å². The number of carboxylic acids is 1. The highest BCUT2D eigenvalue weighted by atomic mass is 16.4. The van der Waals surface area contributed by atoms with Crippen LogP contribution in [0.2, 0.25) is 0 Å². The average Bonchev–Trinajstić information content (AvgIpc) is 2.06.